The summed E-state index contributed by atoms with van der Waals surface area (Å²) >= 11 is 0. The molecule has 0 fully saturated rings. The largest absolute Gasteiger partial charge is 0.497 e. The normalized spacial score (nSPS) is 10.8. The van der Waals surface area contributed by atoms with E-state index in [-0.39, 0.29) is 5.95 Å². The first-order valence-electron chi connectivity index (χ1n) is 10.1. The van der Waals surface area contributed by atoms with Crippen molar-refractivity contribution < 1.29 is 4.74 Å². The van der Waals surface area contributed by atoms with Crippen LogP contribution in [0.1, 0.15) is 0 Å². The second-order valence-electron chi connectivity index (χ2n) is 7.14. The van der Waals surface area contributed by atoms with Gasteiger partial charge in [0.2, 0.25) is 5.95 Å². The van der Waals surface area contributed by atoms with E-state index in [1.807, 2.05) is 83.7 Å². The zero-order valence-electron chi connectivity index (χ0n) is 17.4. The van der Waals surface area contributed by atoms with Crippen molar-refractivity contribution in [2.24, 2.45) is 0 Å². The maximum atomic E-state index is 6.09. The van der Waals surface area contributed by atoms with Gasteiger partial charge >= 0.3 is 0 Å². The van der Waals surface area contributed by atoms with Crippen molar-refractivity contribution >= 4 is 5.95 Å². The lowest BCUT2D eigenvalue weighted by Gasteiger charge is -2.07. The standard InChI is InChI=1S/C25H20N6O/c1-32-20-11-9-17(10-12-20)24-21(16-31(30-24)19-7-3-2-4-8-19)23-14-22(28-25(26)29-23)18-6-5-13-27-15-18/h2-16H,1H3,(H2,26,28,29). The molecule has 3 heterocycles. The third-order valence-corrected chi connectivity index (χ3v) is 5.08. The fourth-order valence-electron chi connectivity index (χ4n) is 3.50. The molecule has 7 nitrogen and oxygen atoms in total. The van der Waals surface area contributed by atoms with Crippen LogP contribution in [0.25, 0.3) is 39.5 Å². The van der Waals surface area contributed by atoms with Gasteiger partial charge in [0.1, 0.15) is 11.4 Å². The summed E-state index contributed by atoms with van der Waals surface area (Å²) in [5, 5.41) is 4.88. The SMILES string of the molecule is COc1ccc(-c2nn(-c3ccccc3)cc2-c2cc(-c3cccnc3)nc(N)n2)cc1. The van der Waals surface area contributed by atoms with Gasteiger partial charge < -0.3 is 10.5 Å². The summed E-state index contributed by atoms with van der Waals surface area (Å²) in [6, 6.07) is 23.4. The van der Waals surface area contributed by atoms with Gasteiger partial charge in [0.25, 0.3) is 0 Å². The molecule has 0 radical (unpaired) electrons. The first kappa shape index (κ1) is 19.4. The third-order valence-electron chi connectivity index (χ3n) is 5.08. The Morgan fingerprint density at radius 1 is 0.844 bits per heavy atom. The minimum Gasteiger partial charge on any atom is -0.497 e. The molecule has 5 aromatic rings. The van der Waals surface area contributed by atoms with Crippen LogP contribution in [-0.4, -0.2) is 31.8 Å². The zero-order valence-corrected chi connectivity index (χ0v) is 17.4. The smallest absolute Gasteiger partial charge is 0.221 e. The molecular weight excluding hydrogens is 400 g/mol. The van der Waals surface area contributed by atoms with E-state index < -0.39 is 0 Å². The minimum atomic E-state index is 0.189. The van der Waals surface area contributed by atoms with Crippen molar-refractivity contribution in [3.63, 3.8) is 0 Å². The fraction of sp³-hybridized carbons (Fsp3) is 0.0400. The number of hydrogen-bond acceptors (Lipinski definition) is 6. The van der Waals surface area contributed by atoms with Gasteiger partial charge in [0.05, 0.1) is 24.2 Å². The summed E-state index contributed by atoms with van der Waals surface area (Å²) in [7, 11) is 1.65. The quantitative estimate of drug-likeness (QED) is 0.445. The lowest BCUT2D eigenvalue weighted by Crippen LogP contribution is -1.99. The Morgan fingerprint density at radius 3 is 2.34 bits per heavy atom. The lowest BCUT2D eigenvalue weighted by molar-refractivity contribution is 0.415. The van der Waals surface area contributed by atoms with E-state index in [2.05, 4.69) is 15.0 Å². The van der Waals surface area contributed by atoms with Crippen LogP contribution >= 0.6 is 0 Å². The Kier molecular flexibility index (Phi) is 5.05. The molecule has 2 N–H and O–H groups in total. The molecule has 0 saturated carbocycles. The van der Waals surface area contributed by atoms with Crippen LogP contribution in [0.15, 0.2) is 91.4 Å². The number of ether oxygens (including phenoxy) is 1. The number of pyridine rings is 1. The summed E-state index contributed by atoms with van der Waals surface area (Å²) in [6.07, 6.45) is 5.44. The Labute approximate surface area is 185 Å². The molecule has 3 aromatic heterocycles. The molecule has 0 aliphatic carbocycles. The fourth-order valence-corrected chi connectivity index (χ4v) is 3.50. The Morgan fingerprint density at radius 2 is 1.62 bits per heavy atom. The van der Waals surface area contributed by atoms with E-state index in [1.54, 1.807) is 19.5 Å². The highest BCUT2D eigenvalue weighted by Gasteiger charge is 2.17. The average molecular weight is 420 g/mol. The molecule has 5 rings (SSSR count). The van der Waals surface area contributed by atoms with Crippen LogP contribution in [0.3, 0.4) is 0 Å². The number of anilines is 1. The third kappa shape index (κ3) is 3.79. The lowest BCUT2D eigenvalue weighted by atomic mass is 10.0. The molecule has 2 aromatic carbocycles. The topological polar surface area (TPSA) is 91.7 Å². The van der Waals surface area contributed by atoms with Gasteiger partial charge in [-0.1, -0.05) is 18.2 Å². The van der Waals surface area contributed by atoms with Crippen LogP contribution in [-0.2, 0) is 0 Å². The monoisotopic (exact) mass is 420 g/mol. The van der Waals surface area contributed by atoms with E-state index in [9.17, 15) is 0 Å². The van der Waals surface area contributed by atoms with Crippen molar-refractivity contribution in [1.82, 2.24) is 24.7 Å². The maximum Gasteiger partial charge on any atom is 0.221 e. The summed E-state index contributed by atoms with van der Waals surface area (Å²) in [4.78, 5) is 13.1. The van der Waals surface area contributed by atoms with Gasteiger partial charge in [-0.2, -0.15) is 5.10 Å². The molecule has 0 amide bonds. The Bertz CT molecular complexity index is 1350. The van der Waals surface area contributed by atoms with Gasteiger partial charge in [-0.05, 0) is 54.6 Å². The van der Waals surface area contributed by atoms with Gasteiger partial charge in [-0.3, -0.25) is 4.98 Å². The van der Waals surface area contributed by atoms with Crippen molar-refractivity contribution in [2.45, 2.75) is 0 Å². The zero-order chi connectivity index (χ0) is 21.9. The number of methoxy groups -OCH3 is 1. The highest BCUT2D eigenvalue weighted by Crippen LogP contribution is 2.33. The van der Waals surface area contributed by atoms with E-state index >= 15 is 0 Å². The molecule has 0 atom stereocenters. The van der Waals surface area contributed by atoms with Crippen molar-refractivity contribution in [1.29, 1.82) is 0 Å². The number of rotatable bonds is 5. The van der Waals surface area contributed by atoms with Crippen LogP contribution in [0.4, 0.5) is 5.95 Å². The number of nitrogen functional groups attached to an aromatic ring is 1. The van der Waals surface area contributed by atoms with Gasteiger partial charge in [-0.15, -0.1) is 0 Å². The molecular formula is C25H20N6O. The molecule has 32 heavy (non-hydrogen) atoms. The summed E-state index contributed by atoms with van der Waals surface area (Å²) in [6.45, 7) is 0. The Hall–Kier alpha value is -4.52. The van der Waals surface area contributed by atoms with Crippen LogP contribution in [0, 0.1) is 0 Å². The summed E-state index contributed by atoms with van der Waals surface area (Å²) < 4.78 is 7.15. The van der Waals surface area contributed by atoms with E-state index in [1.165, 1.54) is 0 Å². The first-order valence-corrected chi connectivity index (χ1v) is 10.1. The highest BCUT2D eigenvalue weighted by atomic mass is 16.5. The van der Waals surface area contributed by atoms with Crippen molar-refractivity contribution in [2.75, 3.05) is 12.8 Å². The summed E-state index contributed by atoms with van der Waals surface area (Å²) in [5.41, 5.74) is 11.9. The molecule has 0 aliphatic rings. The predicted molar refractivity (Wildman–Crippen MR) is 124 cm³/mol. The summed E-state index contributed by atoms with van der Waals surface area (Å²) in [5.74, 6) is 0.970. The first-order chi connectivity index (χ1) is 15.7. The number of aromatic nitrogens is 5. The highest BCUT2D eigenvalue weighted by molar-refractivity contribution is 5.81. The number of nitrogens with zero attached hydrogens (tertiary/aromatic N) is 5. The van der Waals surface area contributed by atoms with Crippen molar-refractivity contribution in [3.8, 4) is 45.2 Å². The molecule has 0 aliphatic heterocycles. The van der Waals surface area contributed by atoms with Crippen LogP contribution in [0.2, 0.25) is 0 Å². The number of nitrogens with two attached hydrogens (primary N) is 1. The minimum absolute atomic E-state index is 0.189. The van der Waals surface area contributed by atoms with E-state index in [4.69, 9.17) is 15.6 Å². The van der Waals surface area contributed by atoms with Crippen LogP contribution in [0.5, 0.6) is 5.75 Å². The second kappa shape index (κ2) is 8.31. The van der Waals surface area contributed by atoms with Gasteiger partial charge in [-0.25, -0.2) is 14.6 Å². The number of benzene rings is 2. The molecule has 156 valence electrons. The predicted octanol–water partition coefficient (Wildman–Crippen LogP) is 4.65. The molecule has 7 heteroatoms. The second-order valence-corrected chi connectivity index (χ2v) is 7.14. The molecule has 0 unspecified atom stereocenters. The van der Waals surface area contributed by atoms with Gasteiger partial charge in [0.15, 0.2) is 0 Å². The average Bonchev–Trinajstić information content (AvgIpc) is 3.30. The number of para-hydroxylation sites is 1. The Balaban J connectivity index is 1.69. The van der Waals surface area contributed by atoms with Crippen molar-refractivity contribution in [3.05, 3.63) is 91.4 Å². The van der Waals surface area contributed by atoms with E-state index in [0.717, 1.165) is 33.8 Å². The molecule has 0 saturated heterocycles. The van der Waals surface area contributed by atoms with Gasteiger partial charge in [0, 0.05) is 35.3 Å². The van der Waals surface area contributed by atoms with E-state index in [0.29, 0.717) is 11.4 Å². The molecule has 0 bridgehead atoms. The van der Waals surface area contributed by atoms with Crippen LogP contribution < -0.4 is 10.5 Å². The maximum absolute atomic E-state index is 6.09. The number of hydrogen-bond donors (Lipinski definition) is 1. The molecule has 0 spiro atoms.